The van der Waals surface area contributed by atoms with Crippen LogP contribution in [0.4, 0.5) is 0 Å². The maximum atomic E-state index is 12.5. The van der Waals surface area contributed by atoms with E-state index < -0.39 is 11.9 Å². The number of hydrogen-bond acceptors (Lipinski definition) is 5. The average Bonchev–Trinajstić information content (AvgIpc) is 2.78. The van der Waals surface area contributed by atoms with Crippen LogP contribution in [0.1, 0.15) is 52.4 Å². The van der Waals surface area contributed by atoms with Crippen LogP contribution < -0.4 is 5.32 Å². The molecule has 1 aliphatic carbocycles. The zero-order chi connectivity index (χ0) is 21.8. The Morgan fingerprint density at radius 3 is 2.61 bits per heavy atom. The minimum absolute atomic E-state index is 0.0670. The van der Waals surface area contributed by atoms with Crippen molar-refractivity contribution in [3.63, 3.8) is 0 Å². The van der Waals surface area contributed by atoms with Gasteiger partial charge < -0.3 is 10.1 Å². The fourth-order valence-corrected chi connectivity index (χ4v) is 4.19. The lowest BCUT2D eigenvalue weighted by Crippen LogP contribution is -2.43. The second kappa shape index (κ2) is 9.12. The fourth-order valence-electron chi connectivity index (χ4n) is 4.19. The standard InChI is InChI=1S/C24H24N2O5/c27-21(25-20-11-5-8-16-6-1-3-9-18(16)20)15-31-23(29)12-13-26-22(28)14-17-7-2-4-10-19(17)24(26)30/h1-4,6-7,9-10,20H,5,8,11-15H2,(H,25,27)/t20-/m0/s1. The zero-order valence-electron chi connectivity index (χ0n) is 17.1. The number of imide groups is 1. The molecular formula is C24H24N2O5. The van der Waals surface area contributed by atoms with E-state index in [9.17, 15) is 19.2 Å². The Labute approximate surface area is 180 Å². The molecule has 31 heavy (non-hydrogen) atoms. The van der Waals surface area contributed by atoms with Crippen LogP contribution in [0.3, 0.4) is 0 Å². The van der Waals surface area contributed by atoms with Crippen LogP contribution in [0.25, 0.3) is 0 Å². The number of esters is 1. The molecule has 7 nitrogen and oxygen atoms in total. The molecule has 0 fully saturated rings. The zero-order valence-corrected chi connectivity index (χ0v) is 17.1. The summed E-state index contributed by atoms with van der Waals surface area (Å²) in [4.78, 5) is 50.2. The fraction of sp³-hybridized carbons (Fsp3) is 0.333. The Kier molecular flexibility index (Phi) is 6.11. The van der Waals surface area contributed by atoms with E-state index in [0.717, 1.165) is 29.7 Å². The number of benzene rings is 2. The normalized spacial score (nSPS) is 17.5. The molecule has 1 heterocycles. The van der Waals surface area contributed by atoms with Crippen molar-refractivity contribution < 1.29 is 23.9 Å². The van der Waals surface area contributed by atoms with Gasteiger partial charge in [0.05, 0.1) is 18.9 Å². The van der Waals surface area contributed by atoms with Crippen LogP contribution in [-0.4, -0.2) is 41.7 Å². The highest BCUT2D eigenvalue weighted by Gasteiger charge is 2.31. The van der Waals surface area contributed by atoms with E-state index >= 15 is 0 Å². The first-order chi connectivity index (χ1) is 15.0. The van der Waals surface area contributed by atoms with Gasteiger partial charge in [0.1, 0.15) is 0 Å². The topological polar surface area (TPSA) is 92.8 Å². The molecule has 0 saturated heterocycles. The molecule has 0 bridgehead atoms. The summed E-state index contributed by atoms with van der Waals surface area (Å²) in [5, 5.41) is 2.93. The van der Waals surface area contributed by atoms with Gasteiger partial charge in [-0.1, -0.05) is 42.5 Å². The van der Waals surface area contributed by atoms with Gasteiger partial charge in [-0.3, -0.25) is 24.1 Å². The Hall–Kier alpha value is -3.48. The molecule has 160 valence electrons. The molecule has 0 saturated carbocycles. The highest BCUT2D eigenvalue weighted by molar-refractivity contribution is 6.09. The lowest BCUT2D eigenvalue weighted by molar-refractivity contribution is -0.149. The summed E-state index contributed by atoms with van der Waals surface area (Å²) in [6.45, 7) is -0.454. The second-order valence-corrected chi connectivity index (χ2v) is 7.81. The summed E-state index contributed by atoms with van der Waals surface area (Å²) in [5.74, 6) is -1.74. The van der Waals surface area contributed by atoms with Crippen molar-refractivity contribution in [2.75, 3.05) is 13.2 Å². The predicted octanol–water partition coefficient (Wildman–Crippen LogP) is 2.34. The van der Waals surface area contributed by atoms with Gasteiger partial charge in [-0.25, -0.2) is 0 Å². The van der Waals surface area contributed by atoms with E-state index in [1.54, 1.807) is 24.3 Å². The van der Waals surface area contributed by atoms with Crippen molar-refractivity contribution >= 4 is 23.7 Å². The van der Waals surface area contributed by atoms with E-state index in [0.29, 0.717) is 11.1 Å². The molecule has 1 N–H and O–H groups in total. The highest BCUT2D eigenvalue weighted by Crippen LogP contribution is 2.29. The third-order valence-electron chi connectivity index (χ3n) is 5.74. The number of ether oxygens (including phenoxy) is 1. The number of fused-ring (bicyclic) bond motifs is 2. The SMILES string of the molecule is O=C(COC(=O)CCN1C(=O)Cc2ccccc2C1=O)N[C@H]1CCCc2ccccc21. The number of rotatable bonds is 6. The van der Waals surface area contributed by atoms with Crippen molar-refractivity contribution in [1.29, 1.82) is 0 Å². The van der Waals surface area contributed by atoms with Gasteiger partial charge in [0, 0.05) is 12.1 Å². The first-order valence-electron chi connectivity index (χ1n) is 10.5. The molecular weight excluding hydrogens is 396 g/mol. The van der Waals surface area contributed by atoms with Gasteiger partial charge in [-0.05, 0) is 42.0 Å². The molecule has 0 radical (unpaired) electrons. The highest BCUT2D eigenvalue weighted by atomic mass is 16.5. The molecule has 3 amide bonds. The maximum Gasteiger partial charge on any atom is 0.308 e. The summed E-state index contributed by atoms with van der Waals surface area (Å²) in [5.41, 5.74) is 3.50. The van der Waals surface area contributed by atoms with E-state index in [1.807, 2.05) is 18.2 Å². The number of carbonyl (C=O) groups excluding carboxylic acids is 4. The molecule has 2 aliphatic rings. The van der Waals surface area contributed by atoms with Crippen molar-refractivity contribution in [2.24, 2.45) is 0 Å². The lowest BCUT2D eigenvalue weighted by atomic mass is 9.88. The Balaban J connectivity index is 1.25. The largest absolute Gasteiger partial charge is 0.456 e. The molecule has 2 aromatic rings. The molecule has 1 aliphatic heterocycles. The van der Waals surface area contributed by atoms with Gasteiger partial charge in [-0.2, -0.15) is 0 Å². The molecule has 0 unspecified atom stereocenters. The number of amides is 3. The summed E-state index contributed by atoms with van der Waals surface area (Å²) in [7, 11) is 0. The molecule has 0 spiro atoms. The number of carbonyl (C=O) groups is 4. The minimum Gasteiger partial charge on any atom is -0.456 e. The number of hydrogen-bond donors (Lipinski definition) is 1. The van der Waals surface area contributed by atoms with Crippen molar-refractivity contribution in [3.05, 3.63) is 70.8 Å². The Morgan fingerprint density at radius 2 is 1.77 bits per heavy atom. The molecule has 2 aromatic carbocycles. The third-order valence-corrected chi connectivity index (χ3v) is 5.74. The first-order valence-corrected chi connectivity index (χ1v) is 10.5. The first kappa shape index (κ1) is 20.8. The van der Waals surface area contributed by atoms with Gasteiger partial charge >= 0.3 is 5.97 Å². The number of nitrogens with zero attached hydrogens (tertiary/aromatic N) is 1. The monoisotopic (exact) mass is 420 g/mol. The number of aryl methyl sites for hydroxylation is 1. The summed E-state index contributed by atoms with van der Waals surface area (Å²) in [6.07, 6.45) is 2.80. The minimum atomic E-state index is -0.626. The van der Waals surface area contributed by atoms with Crippen LogP contribution in [0.5, 0.6) is 0 Å². The van der Waals surface area contributed by atoms with Crippen LogP contribution >= 0.6 is 0 Å². The van der Waals surface area contributed by atoms with E-state index in [1.165, 1.54) is 5.56 Å². The van der Waals surface area contributed by atoms with E-state index in [2.05, 4.69) is 11.4 Å². The predicted molar refractivity (Wildman–Crippen MR) is 112 cm³/mol. The van der Waals surface area contributed by atoms with Gasteiger partial charge in [-0.15, -0.1) is 0 Å². The summed E-state index contributed by atoms with van der Waals surface area (Å²) >= 11 is 0. The Morgan fingerprint density at radius 1 is 1.03 bits per heavy atom. The quantitative estimate of drug-likeness (QED) is 0.572. The average molecular weight is 420 g/mol. The van der Waals surface area contributed by atoms with Crippen LogP contribution in [0.2, 0.25) is 0 Å². The van der Waals surface area contributed by atoms with E-state index in [4.69, 9.17) is 4.74 Å². The van der Waals surface area contributed by atoms with Crippen LogP contribution in [0, 0.1) is 0 Å². The van der Waals surface area contributed by atoms with E-state index in [-0.39, 0.29) is 43.8 Å². The molecule has 4 rings (SSSR count). The van der Waals surface area contributed by atoms with Crippen molar-refractivity contribution in [1.82, 2.24) is 10.2 Å². The van der Waals surface area contributed by atoms with Crippen LogP contribution in [-0.2, 0) is 32.0 Å². The van der Waals surface area contributed by atoms with Crippen LogP contribution in [0.15, 0.2) is 48.5 Å². The van der Waals surface area contributed by atoms with Gasteiger partial charge in [0.15, 0.2) is 6.61 Å². The third kappa shape index (κ3) is 4.66. The summed E-state index contributed by atoms with van der Waals surface area (Å²) in [6, 6.07) is 14.9. The molecule has 0 aromatic heterocycles. The van der Waals surface area contributed by atoms with Crippen molar-refractivity contribution in [2.45, 2.75) is 38.1 Å². The molecule has 7 heteroatoms. The van der Waals surface area contributed by atoms with Gasteiger partial charge in [0.25, 0.3) is 11.8 Å². The van der Waals surface area contributed by atoms with Crippen molar-refractivity contribution in [3.8, 4) is 0 Å². The van der Waals surface area contributed by atoms with Gasteiger partial charge in [0.2, 0.25) is 5.91 Å². The Bertz CT molecular complexity index is 1030. The summed E-state index contributed by atoms with van der Waals surface area (Å²) < 4.78 is 5.06. The maximum absolute atomic E-state index is 12.5. The smallest absolute Gasteiger partial charge is 0.308 e. The lowest BCUT2D eigenvalue weighted by Gasteiger charge is -2.27. The second-order valence-electron chi connectivity index (χ2n) is 7.81. The molecule has 1 atom stereocenters. The number of nitrogens with one attached hydrogen (secondary N) is 1.